The molecule has 2 N–H and O–H groups in total. The second kappa shape index (κ2) is 4.35. The fraction of sp³-hybridized carbons (Fsp3) is 0.333. The summed E-state index contributed by atoms with van der Waals surface area (Å²) in [6, 6.07) is 3.81. The van der Waals surface area contributed by atoms with E-state index < -0.39 is 0 Å². The van der Waals surface area contributed by atoms with Gasteiger partial charge in [-0.3, -0.25) is 4.68 Å². The van der Waals surface area contributed by atoms with Gasteiger partial charge in [0.25, 0.3) is 0 Å². The molecule has 0 aliphatic heterocycles. The molecule has 2 aromatic heterocycles. The summed E-state index contributed by atoms with van der Waals surface area (Å²) in [5.41, 5.74) is 8.76. The van der Waals surface area contributed by atoms with Crippen molar-refractivity contribution in [3.05, 3.63) is 30.2 Å². The van der Waals surface area contributed by atoms with E-state index in [9.17, 15) is 0 Å². The minimum atomic E-state index is 0.558. The number of pyridine rings is 1. The van der Waals surface area contributed by atoms with Gasteiger partial charge in [-0.1, -0.05) is 6.92 Å². The van der Waals surface area contributed by atoms with Crippen LogP contribution in [-0.4, -0.2) is 14.8 Å². The van der Waals surface area contributed by atoms with Crippen molar-refractivity contribution in [2.75, 3.05) is 5.73 Å². The van der Waals surface area contributed by atoms with Gasteiger partial charge in [-0.25, -0.2) is 4.98 Å². The summed E-state index contributed by atoms with van der Waals surface area (Å²) in [7, 11) is 0. The van der Waals surface area contributed by atoms with Crippen LogP contribution in [0.15, 0.2) is 24.5 Å². The van der Waals surface area contributed by atoms with Gasteiger partial charge in [-0.05, 0) is 25.5 Å². The van der Waals surface area contributed by atoms with E-state index in [1.165, 1.54) is 0 Å². The molecule has 84 valence electrons. The monoisotopic (exact) mass is 216 g/mol. The third-order valence-corrected chi connectivity index (χ3v) is 2.50. The second-order valence-electron chi connectivity index (χ2n) is 3.86. The van der Waals surface area contributed by atoms with Crippen LogP contribution >= 0.6 is 0 Å². The molecule has 16 heavy (non-hydrogen) atoms. The summed E-state index contributed by atoms with van der Waals surface area (Å²) in [5.74, 6) is 0.558. The molecule has 0 radical (unpaired) electrons. The first-order valence-electron chi connectivity index (χ1n) is 5.46. The van der Waals surface area contributed by atoms with Crippen molar-refractivity contribution in [3.8, 4) is 11.1 Å². The number of nitrogens with zero attached hydrogens (tertiary/aromatic N) is 3. The fourth-order valence-corrected chi connectivity index (χ4v) is 1.74. The van der Waals surface area contributed by atoms with E-state index in [1.54, 1.807) is 0 Å². The predicted molar refractivity (Wildman–Crippen MR) is 64.9 cm³/mol. The van der Waals surface area contributed by atoms with Crippen molar-refractivity contribution in [2.45, 2.75) is 26.8 Å². The summed E-state index contributed by atoms with van der Waals surface area (Å²) >= 11 is 0. The summed E-state index contributed by atoms with van der Waals surface area (Å²) in [4.78, 5) is 4.25. The van der Waals surface area contributed by atoms with Crippen LogP contribution in [0.4, 0.5) is 5.82 Å². The van der Waals surface area contributed by atoms with Gasteiger partial charge < -0.3 is 5.73 Å². The number of rotatable bonds is 3. The molecule has 0 aromatic carbocycles. The van der Waals surface area contributed by atoms with Gasteiger partial charge in [0.15, 0.2) is 0 Å². The van der Waals surface area contributed by atoms with E-state index in [4.69, 9.17) is 5.73 Å². The van der Waals surface area contributed by atoms with Crippen LogP contribution in [0.2, 0.25) is 0 Å². The third-order valence-electron chi connectivity index (χ3n) is 2.50. The maximum absolute atomic E-state index is 5.63. The first-order valence-corrected chi connectivity index (χ1v) is 5.46. The van der Waals surface area contributed by atoms with E-state index in [2.05, 4.69) is 17.0 Å². The van der Waals surface area contributed by atoms with Gasteiger partial charge in [0.1, 0.15) is 5.82 Å². The maximum Gasteiger partial charge on any atom is 0.123 e. The predicted octanol–water partition coefficient (Wildman–Crippen LogP) is 2.25. The minimum absolute atomic E-state index is 0.558. The lowest BCUT2D eigenvalue weighted by Crippen LogP contribution is -1.96. The number of hydrogen-bond acceptors (Lipinski definition) is 3. The Morgan fingerprint density at radius 3 is 2.88 bits per heavy atom. The highest BCUT2D eigenvalue weighted by Gasteiger charge is 2.05. The number of hydrogen-bond donors (Lipinski definition) is 1. The largest absolute Gasteiger partial charge is 0.384 e. The normalized spacial score (nSPS) is 10.6. The van der Waals surface area contributed by atoms with E-state index >= 15 is 0 Å². The fourth-order valence-electron chi connectivity index (χ4n) is 1.74. The van der Waals surface area contributed by atoms with Crippen LogP contribution < -0.4 is 5.73 Å². The molecule has 0 aliphatic rings. The van der Waals surface area contributed by atoms with Crippen LogP contribution in [0.3, 0.4) is 0 Å². The lowest BCUT2D eigenvalue weighted by molar-refractivity contribution is 0.603. The van der Waals surface area contributed by atoms with E-state index in [0.717, 1.165) is 29.8 Å². The van der Waals surface area contributed by atoms with Crippen LogP contribution in [0.5, 0.6) is 0 Å². The van der Waals surface area contributed by atoms with Crippen molar-refractivity contribution in [3.63, 3.8) is 0 Å². The molecule has 0 fully saturated rings. The molecule has 2 heterocycles. The molecule has 0 saturated carbocycles. The van der Waals surface area contributed by atoms with Gasteiger partial charge >= 0.3 is 0 Å². The number of anilines is 1. The highest BCUT2D eigenvalue weighted by Crippen LogP contribution is 2.22. The van der Waals surface area contributed by atoms with Crippen molar-refractivity contribution in [2.24, 2.45) is 0 Å². The molecule has 0 saturated heterocycles. The highest BCUT2D eigenvalue weighted by atomic mass is 15.3. The molecule has 0 aliphatic carbocycles. The molecule has 0 amide bonds. The quantitative estimate of drug-likeness (QED) is 0.856. The standard InChI is InChI=1S/C12H16N4/c1-3-6-16-8-10(7-14-16)11-4-5-12(13)15-9(11)2/h4-5,7-8H,3,6H2,1-2H3,(H2,13,15). The van der Waals surface area contributed by atoms with Crippen molar-refractivity contribution in [1.82, 2.24) is 14.8 Å². The first-order chi connectivity index (χ1) is 7.70. The summed E-state index contributed by atoms with van der Waals surface area (Å²) in [6.45, 7) is 5.04. The van der Waals surface area contributed by atoms with E-state index in [-0.39, 0.29) is 0 Å². The van der Waals surface area contributed by atoms with E-state index in [1.807, 2.05) is 36.1 Å². The van der Waals surface area contributed by atoms with Crippen LogP contribution in [0.25, 0.3) is 11.1 Å². The summed E-state index contributed by atoms with van der Waals surface area (Å²) < 4.78 is 1.95. The zero-order chi connectivity index (χ0) is 11.5. The number of nitrogen functional groups attached to an aromatic ring is 1. The van der Waals surface area contributed by atoms with Crippen LogP contribution in [-0.2, 0) is 6.54 Å². The Hall–Kier alpha value is -1.84. The Morgan fingerprint density at radius 2 is 2.19 bits per heavy atom. The van der Waals surface area contributed by atoms with Gasteiger partial charge in [0.05, 0.1) is 6.20 Å². The molecule has 2 aromatic rings. The van der Waals surface area contributed by atoms with Gasteiger partial charge in [0, 0.05) is 29.6 Å². The van der Waals surface area contributed by atoms with Crippen LogP contribution in [0, 0.1) is 6.92 Å². The first kappa shape index (κ1) is 10.7. The van der Waals surface area contributed by atoms with Crippen LogP contribution in [0.1, 0.15) is 19.0 Å². The van der Waals surface area contributed by atoms with Crippen molar-refractivity contribution >= 4 is 5.82 Å². The van der Waals surface area contributed by atoms with E-state index in [0.29, 0.717) is 5.82 Å². The molecule has 2 rings (SSSR count). The minimum Gasteiger partial charge on any atom is -0.384 e. The Kier molecular flexibility index (Phi) is 2.90. The summed E-state index contributed by atoms with van der Waals surface area (Å²) in [6.07, 6.45) is 5.00. The lowest BCUT2D eigenvalue weighted by atomic mass is 10.1. The Bertz CT molecular complexity index is 488. The SMILES string of the molecule is CCCn1cc(-c2ccc(N)nc2C)cn1. The molecule has 4 heteroatoms. The van der Waals surface area contributed by atoms with Gasteiger partial charge in [-0.15, -0.1) is 0 Å². The maximum atomic E-state index is 5.63. The zero-order valence-electron chi connectivity index (χ0n) is 9.64. The molecular formula is C12H16N4. The zero-order valence-corrected chi connectivity index (χ0v) is 9.64. The topological polar surface area (TPSA) is 56.7 Å². The number of aromatic nitrogens is 3. The average Bonchev–Trinajstić information content (AvgIpc) is 2.67. The molecule has 0 bridgehead atoms. The molecule has 0 atom stereocenters. The number of nitrogens with two attached hydrogens (primary N) is 1. The Morgan fingerprint density at radius 1 is 1.38 bits per heavy atom. The third kappa shape index (κ3) is 2.05. The smallest absolute Gasteiger partial charge is 0.123 e. The number of aryl methyl sites for hydroxylation is 2. The Labute approximate surface area is 95.1 Å². The average molecular weight is 216 g/mol. The van der Waals surface area contributed by atoms with Gasteiger partial charge in [0.2, 0.25) is 0 Å². The molecular weight excluding hydrogens is 200 g/mol. The second-order valence-corrected chi connectivity index (χ2v) is 3.86. The van der Waals surface area contributed by atoms with Crippen molar-refractivity contribution in [1.29, 1.82) is 0 Å². The molecule has 0 unspecified atom stereocenters. The van der Waals surface area contributed by atoms with Crippen molar-refractivity contribution < 1.29 is 0 Å². The lowest BCUT2D eigenvalue weighted by Gasteiger charge is -2.02. The molecule has 4 nitrogen and oxygen atoms in total. The molecule has 0 spiro atoms. The summed E-state index contributed by atoms with van der Waals surface area (Å²) in [5, 5.41) is 4.30. The highest BCUT2D eigenvalue weighted by molar-refractivity contribution is 5.65. The Balaban J connectivity index is 2.35. The van der Waals surface area contributed by atoms with Gasteiger partial charge in [-0.2, -0.15) is 5.10 Å².